The van der Waals surface area contributed by atoms with Crippen molar-refractivity contribution in [2.45, 2.75) is 12.1 Å². The monoisotopic (exact) mass is 384 g/mol. The molecule has 1 aliphatic heterocycles. The minimum absolute atomic E-state index is 0.0174. The van der Waals surface area contributed by atoms with Crippen molar-refractivity contribution in [3.05, 3.63) is 47.5 Å². The number of amides is 2. The maximum absolute atomic E-state index is 13.8. The standard InChI is InChI=1S/C17H16F4N4O2/c1-24-8-9(12-7-13(17(19,20)21)25(2)23-12)14(16(24)27)15(26)22-11-6-4-3-5-10(11)18/h3-7,9,14H,8H2,1-2H3,(H,22,26)/t9-,14+/m1/s1. The van der Waals surface area contributed by atoms with Crippen molar-refractivity contribution in [3.63, 3.8) is 0 Å². The molecule has 27 heavy (non-hydrogen) atoms. The Morgan fingerprint density at radius 2 is 1.93 bits per heavy atom. The Hall–Kier alpha value is -2.91. The predicted octanol–water partition coefficient (Wildman–Crippen LogP) is 2.39. The largest absolute Gasteiger partial charge is 0.433 e. The summed E-state index contributed by atoms with van der Waals surface area (Å²) in [5.74, 6) is -4.22. The Kier molecular flexibility index (Phi) is 4.66. The number of nitrogens with zero attached hydrogens (tertiary/aromatic N) is 3. The first-order chi connectivity index (χ1) is 12.6. The van der Waals surface area contributed by atoms with Gasteiger partial charge in [0, 0.05) is 26.6 Å². The fourth-order valence-corrected chi connectivity index (χ4v) is 3.17. The van der Waals surface area contributed by atoms with Gasteiger partial charge in [-0.1, -0.05) is 12.1 Å². The highest BCUT2D eigenvalue weighted by atomic mass is 19.4. The first-order valence-electron chi connectivity index (χ1n) is 8.01. The quantitative estimate of drug-likeness (QED) is 0.653. The van der Waals surface area contributed by atoms with Crippen LogP contribution in [-0.2, 0) is 22.8 Å². The minimum Gasteiger partial charge on any atom is -0.344 e. The second kappa shape index (κ2) is 6.67. The number of carbonyl (C=O) groups excluding carboxylic acids is 2. The van der Waals surface area contributed by atoms with Gasteiger partial charge in [-0.2, -0.15) is 18.3 Å². The number of hydrogen-bond donors (Lipinski definition) is 1. The van der Waals surface area contributed by atoms with Gasteiger partial charge in [0.2, 0.25) is 11.8 Å². The van der Waals surface area contributed by atoms with Crippen LogP contribution >= 0.6 is 0 Å². The molecule has 3 rings (SSSR count). The lowest BCUT2D eigenvalue weighted by Gasteiger charge is -2.15. The Morgan fingerprint density at radius 3 is 2.52 bits per heavy atom. The van der Waals surface area contributed by atoms with Crippen molar-refractivity contribution in [2.75, 3.05) is 18.9 Å². The van der Waals surface area contributed by atoms with Crippen molar-refractivity contribution < 1.29 is 27.2 Å². The lowest BCUT2D eigenvalue weighted by molar-refractivity contribution is -0.143. The summed E-state index contributed by atoms with van der Waals surface area (Å²) < 4.78 is 53.5. The van der Waals surface area contributed by atoms with Crippen LogP contribution in [0, 0.1) is 11.7 Å². The Bertz CT molecular complexity index is 893. The number of halogens is 4. The minimum atomic E-state index is -4.61. The number of likely N-dealkylation sites (tertiary alicyclic amines) is 1. The highest BCUT2D eigenvalue weighted by Gasteiger charge is 2.46. The lowest BCUT2D eigenvalue weighted by atomic mass is 9.91. The molecule has 0 spiro atoms. The highest BCUT2D eigenvalue weighted by molar-refractivity contribution is 6.08. The third-order valence-electron chi connectivity index (χ3n) is 4.50. The first-order valence-corrected chi connectivity index (χ1v) is 8.01. The van der Waals surface area contributed by atoms with Crippen LogP contribution in [0.25, 0.3) is 0 Å². The van der Waals surface area contributed by atoms with Crippen LogP contribution in [0.1, 0.15) is 17.3 Å². The van der Waals surface area contributed by atoms with Gasteiger partial charge in [0.05, 0.1) is 11.4 Å². The summed E-state index contributed by atoms with van der Waals surface area (Å²) in [5, 5.41) is 6.19. The molecule has 1 aromatic heterocycles. The first kappa shape index (κ1) is 18.9. The number of alkyl halides is 3. The molecular formula is C17H16F4N4O2. The van der Waals surface area contributed by atoms with Crippen molar-refractivity contribution >= 4 is 17.5 Å². The van der Waals surface area contributed by atoms with E-state index >= 15 is 0 Å². The summed E-state index contributed by atoms with van der Waals surface area (Å²) in [4.78, 5) is 26.3. The van der Waals surface area contributed by atoms with E-state index in [1.165, 1.54) is 30.1 Å². The van der Waals surface area contributed by atoms with E-state index in [1.54, 1.807) is 0 Å². The predicted molar refractivity (Wildman–Crippen MR) is 87.1 cm³/mol. The highest BCUT2D eigenvalue weighted by Crippen LogP contribution is 2.36. The van der Waals surface area contributed by atoms with Gasteiger partial charge in [0.25, 0.3) is 0 Å². The van der Waals surface area contributed by atoms with E-state index in [0.717, 1.165) is 19.2 Å². The van der Waals surface area contributed by atoms with Gasteiger partial charge < -0.3 is 10.2 Å². The van der Waals surface area contributed by atoms with E-state index in [0.29, 0.717) is 4.68 Å². The number of para-hydroxylation sites is 1. The van der Waals surface area contributed by atoms with Gasteiger partial charge >= 0.3 is 6.18 Å². The molecule has 1 fully saturated rings. The normalized spacial score (nSPS) is 20.2. The van der Waals surface area contributed by atoms with Crippen molar-refractivity contribution in [1.82, 2.24) is 14.7 Å². The number of likely N-dealkylation sites (N-methyl/N-ethyl adjacent to an activating group) is 1. The maximum Gasteiger partial charge on any atom is 0.433 e. The smallest absolute Gasteiger partial charge is 0.344 e. The SMILES string of the molecule is CN1C[C@H](c2cc(C(F)(F)F)n(C)n2)[C@@H](C(=O)Nc2ccccc2F)C1=O. The molecule has 1 saturated heterocycles. The number of carbonyl (C=O) groups is 2. The third kappa shape index (κ3) is 3.51. The Balaban J connectivity index is 1.92. The average Bonchev–Trinajstić information content (AvgIpc) is 3.10. The molecule has 0 aliphatic carbocycles. The van der Waals surface area contributed by atoms with Crippen molar-refractivity contribution in [2.24, 2.45) is 13.0 Å². The zero-order valence-corrected chi connectivity index (χ0v) is 14.4. The van der Waals surface area contributed by atoms with Gasteiger partial charge in [-0.05, 0) is 18.2 Å². The van der Waals surface area contributed by atoms with Crippen molar-refractivity contribution in [1.29, 1.82) is 0 Å². The van der Waals surface area contributed by atoms with E-state index in [9.17, 15) is 27.2 Å². The fraction of sp³-hybridized carbons (Fsp3) is 0.353. The molecule has 0 saturated carbocycles. The molecule has 144 valence electrons. The van der Waals surface area contributed by atoms with E-state index < -0.39 is 41.3 Å². The van der Waals surface area contributed by atoms with E-state index in [4.69, 9.17) is 0 Å². The second-order valence-corrected chi connectivity index (χ2v) is 6.35. The van der Waals surface area contributed by atoms with Gasteiger partial charge in [-0.15, -0.1) is 0 Å². The van der Waals surface area contributed by atoms with Crippen LogP contribution < -0.4 is 5.32 Å². The molecule has 0 bridgehead atoms. The molecule has 10 heteroatoms. The van der Waals surface area contributed by atoms with E-state index in [-0.39, 0.29) is 17.9 Å². The molecule has 0 unspecified atom stereocenters. The molecule has 2 aromatic rings. The number of rotatable bonds is 3. The van der Waals surface area contributed by atoms with Gasteiger partial charge in [0.1, 0.15) is 17.4 Å². The molecular weight excluding hydrogens is 368 g/mol. The third-order valence-corrected chi connectivity index (χ3v) is 4.50. The van der Waals surface area contributed by atoms with Crippen LogP contribution in [0.3, 0.4) is 0 Å². The summed E-state index contributed by atoms with van der Waals surface area (Å²) in [6.45, 7) is 0.0303. The molecule has 2 heterocycles. The molecule has 2 atom stereocenters. The van der Waals surface area contributed by atoms with Gasteiger partial charge in [-0.25, -0.2) is 4.39 Å². The number of hydrogen-bond acceptors (Lipinski definition) is 3. The summed E-state index contributed by atoms with van der Waals surface area (Å²) in [7, 11) is 2.58. The number of benzene rings is 1. The Labute approximate surface area is 151 Å². The summed E-state index contributed by atoms with van der Waals surface area (Å²) in [5.41, 5.74) is -1.11. The number of aromatic nitrogens is 2. The zero-order chi connectivity index (χ0) is 19.9. The Morgan fingerprint density at radius 1 is 1.26 bits per heavy atom. The lowest BCUT2D eigenvalue weighted by Crippen LogP contribution is -2.33. The molecule has 2 amide bonds. The van der Waals surface area contributed by atoms with Crippen LogP contribution in [0.2, 0.25) is 0 Å². The van der Waals surface area contributed by atoms with Gasteiger partial charge in [-0.3, -0.25) is 14.3 Å². The number of aryl methyl sites for hydroxylation is 1. The maximum atomic E-state index is 13.8. The van der Waals surface area contributed by atoms with Crippen molar-refractivity contribution in [3.8, 4) is 0 Å². The van der Waals surface area contributed by atoms with E-state index in [1.807, 2.05) is 0 Å². The number of nitrogens with one attached hydrogen (secondary N) is 1. The second-order valence-electron chi connectivity index (χ2n) is 6.35. The molecule has 6 nitrogen and oxygen atoms in total. The molecule has 1 aromatic carbocycles. The van der Waals surface area contributed by atoms with Crippen LogP contribution in [0.5, 0.6) is 0 Å². The molecule has 1 N–H and O–H groups in total. The fourth-order valence-electron chi connectivity index (χ4n) is 3.17. The molecule has 0 radical (unpaired) electrons. The summed E-state index contributed by atoms with van der Waals surface area (Å²) in [6.07, 6.45) is -4.61. The van der Waals surface area contributed by atoms with Crippen LogP contribution in [0.4, 0.5) is 23.2 Å². The summed E-state index contributed by atoms with van der Waals surface area (Å²) >= 11 is 0. The van der Waals surface area contributed by atoms with Crippen LogP contribution in [-0.4, -0.2) is 40.1 Å². The van der Waals surface area contributed by atoms with Crippen LogP contribution in [0.15, 0.2) is 30.3 Å². The molecule has 1 aliphatic rings. The topological polar surface area (TPSA) is 67.2 Å². The average molecular weight is 384 g/mol. The number of anilines is 1. The van der Waals surface area contributed by atoms with E-state index in [2.05, 4.69) is 10.4 Å². The zero-order valence-electron chi connectivity index (χ0n) is 14.4. The van der Waals surface area contributed by atoms with Gasteiger partial charge in [0.15, 0.2) is 0 Å². The summed E-state index contributed by atoms with van der Waals surface area (Å²) in [6, 6.07) is 6.25.